The summed E-state index contributed by atoms with van der Waals surface area (Å²) < 4.78 is 45.3. The van der Waals surface area contributed by atoms with Gasteiger partial charge in [-0.05, 0) is 48.9 Å². The third kappa shape index (κ3) is 4.24. The number of carbonyl (C=O) groups is 2. The van der Waals surface area contributed by atoms with Gasteiger partial charge in [-0.15, -0.1) is 0 Å². The van der Waals surface area contributed by atoms with Crippen LogP contribution in [-0.4, -0.2) is 37.6 Å². The molecule has 4 rings (SSSR count). The van der Waals surface area contributed by atoms with E-state index in [2.05, 4.69) is 0 Å². The number of rotatable bonds is 7. The predicted molar refractivity (Wildman–Crippen MR) is 128 cm³/mol. The second kappa shape index (κ2) is 10.1. The van der Waals surface area contributed by atoms with Crippen LogP contribution in [-0.2, 0) is 9.59 Å². The first-order valence-corrected chi connectivity index (χ1v) is 11.0. The number of hydrogen-bond acceptors (Lipinski definition) is 6. The van der Waals surface area contributed by atoms with Gasteiger partial charge < -0.3 is 19.3 Å². The third-order valence-corrected chi connectivity index (χ3v) is 5.78. The van der Waals surface area contributed by atoms with E-state index in [0.717, 1.165) is 23.1 Å². The van der Waals surface area contributed by atoms with Crippen LogP contribution in [0.25, 0.3) is 5.76 Å². The molecule has 3 aromatic carbocycles. The first kappa shape index (κ1) is 24.7. The number of ketones is 1. The Labute approximate surface area is 206 Å². The van der Waals surface area contributed by atoms with Crippen LogP contribution in [0.4, 0.5) is 14.5 Å². The van der Waals surface area contributed by atoms with Crippen LogP contribution in [0.2, 0.25) is 0 Å². The summed E-state index contributed by atoms with van der Waals surface area (Å²) in [6, 6.07) is 12.3. The summed E-state index contributed by atoms with van der Waals surface area (Å²) in [5.41, 5.74) is -0.310. The molecule has 1 aliphatic rings. The fourth-order valence-corrected chi connectivity index (χ4v) is 4.18. The van der Waals surface area contributed by atoms with E-state index in [9.17, 15) is 23.5 Å². The van der Waals surface area contributed by atoms with Gasteiger partial charge in [0.15, 0.2) is 11.5 Å². The van der Waals surface area contributed by atoms with Gasteiger partial charge in [0, 0.05) is 6.07 Å². The van der Waals surface area contributed by atoms with Crippen LogP contribution >= 0.6 is 0 Å². The van der Waals surface area contributed by atoms with E-state index in [1.165, 1.54) is 26.4 Å². The number of ether oxygens (including phenoxy) is 3. The van der Waals surface area contributed by atoms with Crippen molar-refractivity contribution in [3.63, 3.8) is 0 Å². The van der Waals surface area contributed by atoms with E-state index >= 15 is 0 Å². The molecule has 9 heteroatoms. The molecule has 1 N–H and O–H groups in total. The quantitative estimate of drug-likeness (QED) is 0.282. The first-order chi connectivity index (χ1) is 17.3. The van der Waals surface area contributed by atoms with E-state index in [-0.39, 0.29) is 16.9 Å². The molecule has 1 aliphatic heterocycles. The number of methoxy groups -OCH3 is 2. The summed E-state index contributed by atoms with van der Waals surface area (Å²) in [6.07, 6.45) is 0. The molecule has 7 nitrogen and oxygen atoms in total. The van der Waals surface area contributed by atoms with Crippen molar-refractivity contribution in [3.8, 4) is 17.2 Å². The molecule has 1 fully saturated rings. The number of anilines is 1. The summed E-state index contributed by atoms with van der Waals surface area (Å²) in [6.45, 7) is 2.06. The molecule has 3 aromatic rings. The van der Waals surface area contributed by atoms with Gasteiger partial charge in [-0.3, -0.25) is 14.5 Å². The molecule has 0 spiro atoms. The van der Waals surface area contributed by atoms with Crippen molar-refractivity contribution in [2.45, 2.75) is 13.0 Å². The van der Waals surface area contributed by atoms with Gasteiger partial charge in [0.25, 0.3) is 11.7 Å². The summed E-state index contributed by atoms with van der Waals surface area (Å²) in [5, 5.41) is 11.3. The maximum Gasteiger partial charge on any atom is 0.300 e. The zero-order valence-electron chi connectivity index (χ0n) is 19.7. The van der Waals surface area contributed by atoms with Crippen LogP contribution < -0.4 is 19.1 Å². The minimum absolute atomic E-state index is 0.154. The monoisotopic (exact) mass is 495 g/mol. The van der Waals surface area contributed by atoms with Crippen LogP contribution in [0.15, 0.2) is 66.2 Å². The molecule has 0 aromatic heterocycles. The molecule has 0 radical (unpaired) electrons. The molecule has 0 aliphatic carbocycles. The van der Waals surface area contributed by atoms with E-state index < -0.39 is 40.8 Å². The van der Waals surface area contributed by atoms with Crippen LogP contribution in [0.5, 0.6) is 17.2 Å². The van der Waals surface area contributed by atoms with Gasteiger partial charge in [0.1, 0.15) is 23.1 Å². The molecule has 1 amide bonds. The second-order valence-electron chi connectivity index (χ2n) is 7.81. The number of amides is 1. The maximum atomic E-state index is 14.9. The van der Waals surface area contributed by atoms with Crippen LogP contribution in [0, 0.1) is 11.6 Å². The summed E-state index contributed by atoms with van der Waals surface area (Å²) >= 11 is 0. The van der Waals surface area contributed by atoms with Crippen LogP contribution in [0.3, 0.4) is 0 Å². The van der Waals surface area contributed by atoms with Crippen molar-refractivity contribution >= 4 is 23.1 Å². The van der Waals surface area contributed by atoms with Crippen molar-refractivity contribution in [1.29, 1.82) is 0 Å². The smallest absolute Gasteiger partial charge is 0.300 e. The molecule has 1 heterocycles. The van der Waals surface area contributed by atoms with E-state index in [4.69, 9.17) is 14.2 Å². The van der Waals surface area contributed by atoms with Gasteiger partial charge in [-0.2, -0.15) is 0 Å². The topological polar surface area (TPSA) is 85.3 Å². The number of nitrogens with zero attached hydrogens (tertiary/aromatic N) is 1. The summed E-state index contributed by atoms with van der Waals surface area (Å²) in [5.74, 6) is -3.50. The lowest BCUT2D eigenvalue weighted by molar-refractivity contribution is -0.132. The predicted octanol–water partition coefficient (Wildman–Crippen LogP) is 5.01. The number of benzene rings is 3. The Balaban J connectivity index is 2.02. The Morgan fingerprint density at radius 2 is 1.67 bits per heavy atom. The second-order valence-corrected chi connectivity index (χ2v) is 7.81. The molecule has 0 bridgehead atoms. The number of aliphatic hydroxyl groups is 1. The van der Waals surface area contributed by atoms with Gasteiger partial charge in [-0.1, -0.05) is 18.2 Å². The molecule has 36 heavy (non-hydrogen) atoms. The summed E-state index contributed by atoms with van der Waals surface area (Å²) in [4.78, 5) is 27.4. The fourth-order valence-electron chi connectivity index (χ4n) is 4.18. The lowest BCUT2D eigenvalue weighted by atomic mass is 9.94. The number of aliphatic hydroxyl groups excluding tert-OH is 1. The Hall–Kier alpha value is -4.40. The van der Waals surface area contributed by atoms with Crippen molar-refractivity contribution in [2.75, 3.05) is 25.7 Å². The highest BCUT2D eigenvalue weighted by atomic mass is 19.1. The molecule has 186 valence electrons. The maximum absolute atomic E-state index is 14.9. The van der Waals surface area contributed by atoms with E-state index in [1.807, 2.05) is 0 Å². The van der Waals surface area contributed by atoms with Crippen molar-refractivity contribution in [1.82, 2.24) is 0 Å². The highest BCUT2D eigenvalue weighted by molar-refractivity contribution is 6.51. The van der Waals surface area contributed by atoms with Gasteiger partial charge in [0.05, 0.1) is 43.7 Å². The fraction of sp³-hybridized carbons (Fsp3) is 0.185. The minimum Gasteiger partial charge on any atom is -0.507 e. The number of hydrogen-bond donors (Lipinski definition) is 1. The van der Waals surface area contributed by atoms with Crippen molar-refractivity contribution in [3.05, 3.63) is 89.0 Å². The lowest BCUT2D eigenvalue weighted by Crippen LogP contribution is -2.30. The largest absolute Gasteiger partial charge is 0.507 e. The molecular formula is C27H23F2NO6. The van der Waals surface area contributed by atoms with E-state index in [1.54, 1.807) is 37.3 Å². The van der Waals surface area contributed by atoms with Gasteiger partial charge >= 0.3 is 0 Å². The lowest BCUT2D eigenvalue weighted by Gasteiger charge is -2.26. The Morgan fingerprint density at radius 1 is 0.944 bits per heavy atom. The number of carbonyl (C=O) groups excluding carboxylic acids is 2. The zero-order valence-corrected chi connectivity index (χ0v) is 19.7. The normalized spacial score (nSPS) is 16.8. The van der Waals surface area contributed by atoms with E-state index in [0.29, 0.717) is 23.7 Å². The molecule has 1 unspecified atom stereocenters. The SMILES string of the molecule is CCOc1cc(C2/C(=C(\O)c3ccccc3OC)C(=O)C(=O)N2c2cc(F)ccc2F)ccc1OC. The molecule has 0 saturated carbocycles. The highest BCUT2D eigenvalue weighted by Crippen LogP contribution is 2.45. The average molecular weight is 495 g/mol. The molecule has 1 atom stereocenters. The first-order valence-electron chi connectivity index (χ1n) is 11.0. The number of para-hydroxylation sites is 1. The molecule has 1 saturated heterocycles. The zero-order chi connectivity index (χ0) is 26.0. The van der Waals surface area contributed by atoms with Crippen molar-refractivity contribution < 1.29 is 37.7 Å². The number of halogens is 2. The summed E-state index contributed by atoms with van der Waals surface area (Å²) in [7, 11) is 2.84. The Kier molecular flexibility index (Phi) is 6.91. The average Bonchev–Trinajstić information content (AvgIpc) is 3.15. The van der Waals surface area contributed by atoms with Crippen molar-refractivity contribution in [2.24, 2.45) is 0 Å². The Bertz CT molecular complexity index is 1370. The Morgan fingerprint density at radius 3 is 2.36 bits per heavy atom. The highest BCUT2D eigenvalue weighted by Gasteiger charge is 2.48. The minimum atomic E-state index is -1.31. The van der Waals surface area contributed by atoms with Gasteiger partial charge in [0.2, 0.25) is 0 Å². The third-order valence-electron chi connectivity index (χ3n) is 5.78. The number of Topliss-reactive ketones (excluding diaryl/α,β-unsaturated/α-hetero) is 1. The van der Waals surface area contributed by atoms with Gasteiger partial charge in [-0.25, -0.2) is 8.78 Å². The molecular weight excluding hydrogens is 472 g/mol. The standard InChI is InChI=1S/C27H23F2NO6/c1-4-36-22-13-15(9-12-21(22)35-3)24-23(25(31)17-7-5-6-8-20(17)34-2)26(32)27(33)30(24)19-14-16(28)10-11-18(19)29/h5-14,24,31H,4H2,1-3H3/b25-23+. The van der Waals surface area contributed by atoms with Crippen LogP contribution in [0.1, 0.15) is 24.1 Å².